The van der Waals surface area contributed by atoms with E-state index in [1.165, 1.54) is 11.5 Å². The number of benzene rings is 1. The molecule has 2 heterocycles. The minimum atomic E-state index is 0.180. The maximum absolute atomic E-state index is 11.8. The number of rotatable bonds is 11. The lowest BCUT2D eigenvalue weighted by Crippen LogP contribution is -2.48. The molecule has 1 aromatic heterocycles. The zero-order chi connectivity index (χ0) is 21.2. The summed E-state index contributed by atoms with van der Waals surface area (Å²) >= 11 is 1.48. The molecule has 30 heavy (non-hydrogen) atoms. The van der Waals surface area contributed by atoms with Crippen LogP contribution in [0.5, 0.6) is 5.75 Å². The summed E-state index contributed by atoms with van der Waals surface area (Å²) < 4.78 is 9.84. The zero-order valence-electron chi connectivity index (χ0n) is 18.1. The molecule has 1 aromatic carbocycles. The first kappa shape index (κ1) is 22.5. The maximum Gasteiger partial charge on any atom is 0.220 e. The van der Waals surface area contributed by atoms with Crippen LogP contribution >= 0.6 is 11.5 Å². The molecule has 1 amide bonds. The Morgan fingerprint density at radius 1 is 1.23 bits per heavy atom. The Bertz CT molecular complexity index is 789. The molecular weight excluding hydrogens is 398 g/mol. The number of methoxy groups -OCH3 is 1. The van der Waals surface area contributed by atoms with Crippen LogP contribution in [0.15, 0.2) is 24.3 Å². The van der Waals surface area contributed by atoms with Gasteiger partial charge in [-0.15, -0.1) is 0 Å². The fourth-order valence-corrected chi connectivity index (χ4v) is 4.29. The van der Waals surface area contributed by atoms with E-state index in [-0.39, 0.29) is 5.91 Å². The number of amides is 1. The average molecular weight is 432 g/mol. The third-order valence-corrected chi connectivity index (χ3v) is 6.17. The largest absolute Gasteiger partial charge is 0.497 e. The summed E-state index contributed by atoms with van der Waals surface area (Å²) in [4.78, 5) is 21.3. The SMILES string of the molecule is CCCCCC(=O)NCCN1CCN(c2nc(Cc3cccc(OC)c3)ns2)CC1. The van der Waals surface area contributed by atoms with Gasteiger partial charge in [-0.2, -0.15) is 4.37 Å². The number of aromatic nitrogens is 2. The quantitative estimate of drug-likeness (QED) is 0.552. The van der Waals surface area contributed by atoms with Crippen molar-refractivity contribution in [1.82, 2.24) is 19.6 Å². The van der Waals surface area contributed by atoms with E-state index in [0.29, 0.717) is 12.8 Å². The first-order chi connectivity index (χ1) is 14.7. The molecule has 8 heteroatoms. The number of anilines is 1. The van der Waals surface area contributed by atoms with Crippen molar-refractivity contribution in [2.24, 2.45) is 0 Å². The van der Waals surface area contributed by atoms with Crippen LogP contribution in [0.4, 0.5) is 5.13 Å². The predicted octanol–water partition coefficient (Wildman–Crippen LogP) is 2.96. The number of nitrogens with one attached hydrogen (secondary N) is 1. The van der Waals surface area contributed by atoms with E-state index in [0.717, 1.165) is 80.8 Å². The van der Waals surface area contributed by atoms with E-state index in [1.54, 1.807) is 7.11 Å². The molecule has 2 aromatic rings. The highest BCUT2D eigenvalue weighted by Crippen LogP contribution is 2.21. The van der Waals surface area contributed by atoms with Crippen LogP contribution in [-0.4, -0.2) is 66.5 Å². The number of hydrogen-bond acceptors (Lipinski definition) is 7. The van der Waals surface area contributed by atoms with Crippen LogP contribution in [0.1, 0.15) is 44.0 Å². The smallest absolute Gasteiger partial charge is 0.220 e. The van der Waals surface area contributed by atoms with E-state index in [2.05, 4.69) is 32.5 Å². The van der Waals surface area contributed by atoms with Gasteiger partial charge in [0.05, 0.1) is 7.11 Å². The highest BCUT2D eigenvalue weighted by atomic mass is 32.1. The summed E-state index contributed by atoms with van der Waals surface area (Å²) in [6, 6.07) is 8.04. The van der Waals surface area contributed by atoms with Gasteiger partial charge in [-0.3, -0.25) is 9.69 Å². The van der Waals surface area contributed by atoms with Crippen molar-refractivity contribution < 1.29 is 9.53 Å². The summed E-state index contributed by atoms with van der Waals surface area (Å²) in [7, 11) is 1.68. The molecule has 0 saturated carbocycles. The molecule has 0 atom stereocenters. The molecule has 1 N–H and O–H groups in total. The lowest BCUT2D eigenvalue weighted by Gasteiger charge is -2.34. The van der Waals surface area contributed by atoms with E-state index in [1.807, 2.05) is 18.2 Å². The Labute approximate surface area is 183 Å². The van der Waals surface area contributed by atoms with Crippen LogP contribution in [0.25, 0.3) is 0 Å². The molecule has 0 unspecified atom stereocenters. The van der Waals surface area contributed by atoms with Crippen LogP contribution in [-0.2, 0) is 11.2 Å². The standard InChI is InChI=1S/C22H33N5O2S/c1-3-4-5-9-21(28)23-10-11-26-12-14-27(15-13-26)22-24-20(25-30-22)17-18-7-6-8-19(16-18)29-2/h6-8,16H,3-5,9-15,17H2,1-2H3,(H,23,28). The van der Waals surface area contributed by atoms with Gasteiger partial charge in [0.2, 0.25) is 11.0 Å². The van der Waals surface area contributed by atoms with Crippen LogP contribution in [0.3, 0.4) is 0 Å². The summed E-state index contributed by atoms with van der Waals surface area (Å²) in [6.07, 6.45) is 4.63. The molecule has 1 aliphatic heterocycles. The van der Waals surface area contributed by atoms with Crippen molar-refractivity contribution >= 4 is 22.6 Å². The number of ether oxygens (including phenoxy) is 1. The molecule has 0 aliphatic carbocycles. The number of unbranched alkanes of at least 4 members (excludes halogenated alkanes) is 2. The Morgan fingerprint density at radius 2 is 2.07 bits per heavy atom. The van der Waals surface area contributed by atoms with Gasteiger partial charge in [0.15, 0.2) is 0 Å². The lowest BCUT2D eigenvalue weighted by molar-refractivity contribution is -0.121. The number of piperazine rings is 1. The summed E-state index contributed by atoms with van der Waals surface area (Å²) in [5.41, 5.74) is 1.15. The lowest BCUT2D eigenvalue weighted by atomic mass is 10.1. The molecule has 1 aliphatic rings. The second-order valence-electron chi connectivity index (χ2n) is 7.66. The summed E-state index contributed by atoms with van der Waals surface area (Å²) in [6.45, 7) is 7.64. The normalized spacial score (nSPS) is 14.7. The number of carbonyl (C=O) groups excluding carboxylic acids is 1. The Kier molecular flexibility index (Phi) is 8.89. The van der Waals surface area contributed by atoms with Crippen molar-refractivity contribution in [2.45, 2.75) is 39.0 Å². The molecule has 0 bridgehead atoms. The fraction of sp³-hybridized carbons (Fsp3) is 0.591. The molecule has 0 spiro atoms. The van der Waals surface area contributed by atoms with Crippen molar-refractivity contribution in [3.05, 3.63) is 35.7 Å². The van der Waals surface area contributed by atoms with Gasteiger partial charge in [0.25, 0.3) is 0 Å². The van der Waals surface area contributed by atoms with Gasteiger partial charge in [-0.1, -0.05) is 31.9 Å². The highest BCUT2D eigenvalue weighted by molar-refractivity contribution is 7.09. The first-order valence-corrected chi connectivity index (χ1v) is 11.6. The predicted molar refractivity (Wildman–Crippen MR) is 122 cm³/mol. The monoisotopic (exact) mass is 431 g/mol. The van der Waals surface area contributed by atoms with Gasteiger partial charge in [0, 0.05) is 63.6 Å². The third-order valence-electron chi connectivity index (χ3n) is 5.35. The second kappa shape index (κ2) is 11.9. The number of carbonyl (C=O) groups is 1. The molecular formula is C22H33N5O2S. The van der Waals surface area contributed by atoms with Gasteiger partial charge < -0.3 is 15.0 Å². The Morgan fingerprint density at radius 3 is 2.83 bits per heavy atom. The molecule has 7 nitrogen and oxygen atoms in total. The summed E-state index contributed by atoms with van der Waals surface area (Å²) in [5, 5.41) is 4.04. The van der Waals surface area contributed by atoms with Crippen molar-refractivity contribution in [3.8, 4) is 5.75 Å². The maximum atomic E-state index is 11.8. The molecule has 1 fully saturated rings. The van der Waals surface area contributed by atoms with E-state index < -0.39 is 0 Å². The summed E-state index contributed by atoms with van der Waals surface area (Å²) in [5.74, 6) is 1.90. The van der Waals surface area contributed by atoms with Gasteiger partial charge in [-0.05, 0) is 24.1 Å². The van der Waals surface area contributed by atoms with Crippen LogP contribution < -0.4 is 15.0 Å². The van der Waals surface area contributed by atoms with Crippen molar-refractivity contribution in [1.29, 1.82) is 0 Å². The zero-order valence-corrected chi connectivity index (χ0v) is 18.9. The van der Waals surface area contributed by atoms with Gasteiger partial charge >= 0.3 is 0 Å². The number of hydrogen-bond donors (Lipinski definition) is 1. The van der Waals surface area contributed by atoms with Crippen LogP contribution in [0.2, 0.25) is 0 Å². The second-order valence-corrected chi connectivity index (χ2v) is 8.39. The third kappa shape index (κ3) is 6.95. The molecule has 1 saturated heterocycles. The Hall–Kier alpha value is -2.19. The minimum absolute atomic E-state index is 0.180. The van der Waals surface area contributed by atoms with E-state index >= 15 is 0 Å². The number of nitrogens with zero attached hydrogens (tertiary/aromatic N) is 4. The fourth-order valence-electron chi connectivity index (χ4n) is 3.55. The minimum Gasteiger partial charge on any atom is -0.497 e. The van der Waals surface area contributed by atoms with Crippen molar-refractivity contribution in [2.75, 3.05) is 51.3 Å². The van der Waals surface area contributed by atoms with Gasteiger partial charge in [0.1, 0.15) is 11.6 Å². The molecule has 0 radical (unpaired) electrons. The topological polar surface area (TPSA) is 70.6 Å². The average Bonchev–Trinajstić information content (AvgIpc) is 3.23. The molecule has 164 valence electrons. The van der Waals surface area contributed by atoms with Crippen LogP contribution in [0, 0.1) is 0 Å². The molecule has 3 rings (SSSR count). The highest BCUT2D eigenvalue weighted by Gasteiger charge is 2.20. The van der Waals surface area contributed by atoms with Crippen molar-refractivity contribution in [3.63, 3.8) is 0 Å². The Balaban J connectivity index is 1.38. The van der Waals surface area contributed by atoms with E-state index in [4.69, 9.17) is 9.72 Å². The first-order valence-electron chi connectivity index (χ1n) is 10.9. The van der Waals surface area contributed by atoms with Gasteiger partial charge in [-0.25, -0.2) is 4.98 Å². The van der Waals surface area contributed by atoms with E-state index in [9.17, 15) is 4.79 Å².